The molecule has 5 N–H and O–H groups in total. The van der Waals surface area contributed by atoms with E-state index in [1.165, 1.54) is 29.7 Å². The van der Waals surface area contributed by atoms with Gasteiger partial charge < -0.3 is 35.9 Å². The van der Waals surface area contributed by atoms with Crippen LogP contribution in [0.3, 0.4) is 0 Å². The lowest BCUT2D eigenvalue weighted by molar-refractivity contribution is -0.129. The standard InChI is InChI=1S/C40H44F2N6O4S/c1-6-35(50)47-20-27-16-33(46-48(27)19-22(47)2)36-24(4)37(38-30(36)14-26(41)15-31(38)42)40-28(9-12-53-40)39(44)29-13-25(18-43)32(45-5)17-34(29)52-11-8-7-10-51-21-23(3)49/h6-9,12-18,22-24,36,43,45,49H,1,10-11,19-21,44H2,2-5H3/b8-7+,39-28-,40-37-,43-18?/t22-,23?,24?,36?/m1/s1. The van der Waals surface area contributed by atoms with E-state index in [2.05, 4.69) is 11.9 Å². The summed E-state index contributed by atoms with van der Waals surface area (Å²) < 4.78 is 45.2. The second-order valence-corrected chi connectivity index (χ2v) is 14.3. The average Bonchev–Trinajstić information content (AvgIpc) is 3.84. The molecule has 1 amide bonds. The molecular formula is C40H44F2N6O4S. The van der Waals surface area contributed by atoms with Crippen LogP contribution in [0.25, 0.3) is 11.3 Å². The van der Waals surface area contributed by atoms with Crippen molar-refractivity contribution in [2.75, 3.05) is 32.2 Å². The van der Waals surface area contributed by atoms with E-state index < -0.39 is 23.7 Å². The molecule has 1 aliphatic heterocycles. The van der Waals surface area contributed by atoms with Crippen molar-refractivity contribution in [3.8, 4) is 5.75 Å². The van der Waals surface area contributed by atoms with Gasteiger partial charge in [0.1, 0.15) is 24.0 Å². The summed E-state index contributed by atoms with van der Waals surface area (Å²) in [7, 11) is 1.76. The summed E-state index contributed by atoms with van der Waals surface area (Å²) in [5.74, 6) is -1.82. The number of aromatic nitrogens is 2. The Labute approximate surface area is 311 Å². The highest BCUT2D eigenvalue weighted by atomic mass is 32.1. The van der Waals surface area contributed by atoms with Crippen LogP contribution in [0.2, 0.25) is 0 Å². The molecule has 4 aromatic rings. The number of ether oxygens (including phenoxy) is 2. The molecule has 2 aromatic carbocycles. The molecule has 53 heavy (non-hydrogen) atoms. The zero-order valence-electron chi connectivity index (χ0n) is 30.2. The fraction of sp³-hybridized carbons (Fsp3) is 0.325. The van der Waals surface area contributed by atoms with Gasteiger partial charge in [-0.05, 0) is 72.7 Å². The van der Waals surface area contributed by atoms with E-state index >= 15 is 4.39 Å². The molecular weight excluding hydrogens is 699 g/mol. The van der Waals surface area contributed by atoms with Crippen molar-refractivity contribution in [1.82, 2.24) is 14.7 Å². The lowest BCUT2D eigenvalue weighted by atomic mass is 9.89. The number of aliphatic hydroxyl groups is 1. The molecule has 10 nitrogen and oxygen atoms in total. The predicted octanol–water partition coefficient (Wildman–Crippen LogP) is 4.61. The second kappa shape index (κ2) is 15.9. The van der Waals surface area contributed by atoms with Gasteiger partial charge in [0, 0.05) is 69.5 Å². The van der Waals surface area contributed by atoms with E-state index in [-0.39, 0.29) is 31.1 Å². The van der Waals surface area contributed by atoms with Crippen molar-refractivity contribution in [3.05, 3.63) is 122 Å². The van der Waals surface area contributed by atoms with Gasteiger partial charge in [0.25, 0.3) is 0 Å². The number of aliphatic hydroxyl groups excluding tert-OH is 1. The predicted molar refractivity (Wildman–Crippen MR) is 204 cm³/mol. The Morgan fingerprint density at radius 3 is 2.72 bits per heavy atom. The number of halogens is 2. The van der Waals surface area contributed by atoms with E-state index in [0.29, 0.717) is 75.6 Å². The van der Waals surface area contributed by atoms with Gasteiger partial charge in [-0.25, -0.2) is 8.78 Å². The number of nitrogens with one attached hydrogen (secondary N) is 2. The molecule has 13 heteroatoms. The lowest BCUT2D eigenvalue weighted by Gasteiger charge is -2.33. The number of carbonyl (C=O) groups is 1. The van der Waals surface area contributed by atoms with Crippen molar-refractivity contribution < 1.29 is 28.2 Å². The van der Waals surface area contributed by atoms with Crippen LogP contribution in [-0.4, -0.2) is 70.9 Å². The minimum Gasteiger partial charge on any atom is -0.489 e. The number of hydrogen-bond donors (Lipinski definition) is 4. The zero-order chi connectivity index (χ0) is 38.0. The molecule has 278 valence electrons. The van der Waals surface area contributed by atoms with Crippen LogP contribution < -0.4 is 25.5 Å². The molecule has 2 aromatic heterocycles. The number of thiophene rings is 1. The van der Waals surface area contributed by atoms with Crippen LogP contribution in [0.15, 0.2) is 66.6 Å². The van der Waals surface area contributed by atoms with Crippen LogP contribution in [0, 0.1) is 23.0 Å². The number of benzene rings is 2. The monoisotopic (exact) mass is 742 g/mol. The van der Waals surface area contributed by atoms with Crippen LogP contribution in [-0.2, 0) is 22.6 Å². The first-order valence-corrected chi connectivity index (χ1v) is 18.3. The SMILES string of the molecule is C=CC(=O)N1Cc2cc(C3c4cc(F)cc(F)c4/C(=c4\scc\c4=C(\N)c4cc(C=N)c(NC)cc4OC/C=C/COCC(C)O)C3C)nn2C[C@H]1C. The minimum atomic E-state index is -0.674. The Hall–Kier alpha value is -5.11. The molecule has 1 aliphatic carbocycles. The maximum absolute atomic E-state index is 16.1. The topological polar surface area (TPSA) is 139 Å². The Morgan fingerprint density at radius 2 is 2.00 bits per heavy atom. The van der Waals surface area contributed by atoms with Gasteiger partial charge >= 0.3 is 0 Å². The smallest absolute Gasteiger partial charge is 0.246 e. The highest BCUT2D eigenvalue weighted by molar-refractivity contribution is 7.07. The Balaban J connectivity index is 1.46. The third kappa shape index (κ3) is 7.41. The zero-order valence-corrected chi connectivity index (χ0v) is 31.0. The number of amides is 1. The van der Waals surface area contributed by atoms with Gasteiger partial charge in [-0.2, -0.15) is 5.10 Å². The molecule has 0 fully saturated rings. The van der Waals surface area contributed by atoms with Crippen LogP contribution in [0.5, 0.6) is 5.75 Å². The third-order valence-electron chi connectivity index (χ3n) is 9.75. The molecule has 0 saturated heterocycles. The van der Waals surface area contributed by atoms with Gasteiger partial charge in [-0.15, -0.1) is 11.3 Å². The summed E-state index contributed by atoms with van der Waals surface area (Å²) in [5, 5.41) is 28.1. The van der Waals surface area contributed by atoms with E-state index in [0.717, 1.165) is 16.3 Å². The largest absolute Gasteiger partial charge is 0.489 e. The molecule has 3 heterocycles. The first kappa shape index (κ1) is 37.6. The highest BCUT2D eigenvalue weighted by Crippen LogP contribution is 2.49. The van der Waals surface area contributed by atoms with E-state index in [4.69, 9.17) is 25.7 Å². The van der Waals surface area contributed by atoms with Gasteiger partial charge in [0.2, 0.25) is 5.91 Å². The number of rotatable bonds is 12. The summed E-state index contributed by atoms with van der Waals surface area (Å²) in [6.45, 7) is 10.8. The normalized spacial score (nSPS) is 20.2. The number of nitrogens with two attached hydrogens (primary N) is 1. The van der Waals surface area contributed by atoms with Crippen LogP contribution in [0.1, 0.15) is 60.3 Å². The Morgan fingerprint density at radius 1 is 1.23 bits per heavy atom. The average molecular weight is 743 g/mol. The molecule has 0 spiro atoms. The first-order chi connectivity index (χ1) is 25.5. The van der Waals surface area contributed by atoms with Crippen LogP contribution >= 0.6 is 11.3 Å². The Kier molecular flexibility index (Phi) is 11.3. The third-order valence-corrected chi connectivity index (χ3v) is 10.7. The molecule has 2 aliphatic rings. The molecule has 6 rings (SSSR count). The molecule has 3 unspecified atom stereocenters. The summed E-state index contributed by atoms with van der Waals surface area (Å²) >= 11 is 1.42. The first-order valence-electron chi connectivity index (χ1n) is 17.4. The van der Waals surface area contributed by atoms with Crippen LogP contribution in [0.4, 0.5) is 14.5 Å². The summed E-state index contributed by atoms with van der Waals surface area (Å²) in [6.07, 6.45) is 5.59. The quantitative estimate of drug-likeness (QED) is 0.0721. The minimum absolute atomic E-state index is 0.103. The van der Waals surface area contributed by atoms with Crippen molar-refractivity contribution in [1.29, 1.82) is 5.41 Å². The highest BCUT2D eigenvalue weighted by Gasteiger charge is 2.40. The summed E-state index contributed by atoms with van der Waals surface area (Å²) in [5.41, 5.74) is 12.2. The van der Waals surface area contributed by atoms with Crippen molar-refractivity contribution in [2.45, 2.75) is 51.9 Å². The van der Waals surface area contributed by atoms with Crippen molar-refractivity contribution >= 4 is 40.4 Å². The number of fused-ring (bicyclic) bond motifs is 2. The fourth-order valence-electron chi connectivity index (χ4n) is 7.25. The lowest BCUT2D eigenvalue weighted by Crippen LogP contribution is -2.44. The fourth-order valence-corrected chi connectivity index (χ4v) is 8.31. The molecule has 4 atom stereocenters. The van der Waals surface area contributed by atoms with Gasteiger partial charge in [-0.3, -0.25) is 9.48 Å². The van der Waals surface area contributed by atoms with Crippen molar-refractivity contribution in [3.63, 3.8) is 0 Å². The van der Waals surface area contributed by atoms with Gasteiger partial charge in [0.15, 0.2) is 0 Å². The van der Waals surface area contributed by atoms with E-state index in [1.807, 2.05) is 36.0 Å². The van der Waals surface area contributed by atoms with Gasteiger partial charge in [-0.1, -0.05) is 19.6 Å². The maximum atomic E-state index is 16.1. The second-order valence-electron chi connectivity index (χ2n) is 13.4. The van der Waals surface area contributed by atoms with Gasteiger partial charge in [0.05, 0.1) is 49.5 Å². The molecule has 0 saturated carbocycles. The maximum Gasteiger partial charge on any atom is 0.246 e. The summed E-state index contributed by atoms with van der Waals surface area (Å²) in [4.78, 5) is 14.3. The molecule has 0 bridgehead atoms. The number of hydrogen-bond acceptors (Lipinski definition) is 9. The number of nitrogens with zero attached hydrogens (tertiary/aromatic N) is 3. The van der Waals surface area contributed by atoms with E-state index in [1.54, 1.807) is 43.2 Å². The Bertz CT molecular complexity index is 2210. The summed E-state index contributed by atoms with van der Waals surface area (Å²) in [6, 6.07) is 9.58. The van der Waals surface area contributed by atoms with E-state index in [9.17, 15) is 14.3 Å². The molecule has 0 radical (unpaired) electrons. The van der Waals surface area contributed by atoms with Crippen molar-refractivity contribution in [2.24, 2.45) is 11.7 Å². The number of anilines is 1. The number of carbonyl (C=O) groups excluding carboxylic acids is 1.